The lowest BCUT2D eigenvalue weighted by atomic mass is 9.44. The average Bonchev–Trinajstić information content (AvgIpc) is 2.92. The minimum atomic E-state index is -0.444. The Labute approximate surface area is 161 Å². The molecule has 0 saturated heterocycles. The van der Waals surface area contributed by atoms with Gasteiger partial charge in [-0.05, 0) is 99.2 Å². The van der Waals surface area contributed by atoms with Crippen LogP contribution in [0.25, 0.3) is 0 Å². The number of Topliss-reactive ketones (excluding diaryl/α,β-unsaturated/α-hetero) is 1. The third kappa shape index (κ3) is 2.70. The molecule has 4 saturated carbocycles. The number of carbonyl (C=O) groups is 1. The molecule has 2 nitrogen and oxygen atoms in total. The monoisotopic (exact) mass is 410 g/mol. The minimum Gasteiger partial charge on any atom is -0.390 e. The number of rotatable bonds is 2. The summed E-state index contributed by atoms with van der Waals surface area (Å²) in [6.45, 7) is 7.03. The van der Waals surface area contributed by atoms with Crippen molar-refractivity contribution in [2.75, 3.05) is 5.33 Å². The molecule has 0 aromatic rings. The Morgan fingerprint density at radius 1 is 0.960 bits per heavy atom. The van der Waals surface area contributed by atoms with Crippen molar-refractivity contribution >= 4 is 21.7 Å². The van der Waals surface area contributed by atoms with Crippen LogP contribution < -0.4 is 0 Å². The van der Waals surface area contributed by atoms with Crippen LogP contribution >= 0.6 is 15.9 Å². The summed E-state index contributed by atoms with van der Waals surface area (Å²) in [5.74, 6) is 3.81. The Morgan fingerprint density at radius 2 is 1.68 bits per heavy atom. The van der Waals surface area contributed by atoms with Crippen molar-refractivity contribution in [1.29, 1.82) is 0 Å². The van der Waals surface area contributed by atoms with Crippen molar-refractivity contribution in [2.45, 2.75) is 84.2 Å². The number of hydrogen-bond donors (Lipinski definition) is 1. The molecule has 0 unspecified atom stereocenters. The van der Waals surface area contributed by atoms with Crippen molar-refractivity contribution < 1.29 is 9.90 Å². The van der Waals surface area contributed by atoms with Gasteiger partial charge >= 0.3 is 0 Å². The number of alkyl halides is 1. The molecule has 3 heteroatoms. The quantitative estimate of drug-likeness (QED) is 0.621. The van der Waals surface area contributed by atoms with Crippen LogP contribution in [0.5, 0.6) is 0 Å². The molecule has 0 spiro atoms. The van der Waals surface area contributed by atoms with E-state index in [-0.39, 0.29) is 11.3 Å². The zero-order chi connectivity index (χ0) is 18.0. The lowest BCUT2D eigenvalue weighted by molar-refractivity contribution is -0.150. The highest BCUT2D eigenvalue weighted by molar-refractivity contribution is 9.09. The first-order valence-electron chi connectivity index (χ1n) is 10.5. The van der Waals surface area contributed by atoms with Gasteiger partial charge in [0.15, 0.2) is 0 Å². The number of carbonyl (C=O) groups excluding carboxylic acids is 1. The Balaban J connectivity index is 1.59. The van der Waals surface area contributed by atoms with Crippen LogP contribution in [0.3, 0.4) is 0 Å². The molecule has 4 fully saturated rings. The maximum atomic E-state index is 12.5. The van der Waals surface area contributed by atoms with Gasteiger partial charge in [-0.15, -0.1) is 0 Å². The Morgan fingerprint density at radius 3 is 2.40 bits per heavy atom. The van der Waals surface area contributed by atoms with Crippen LogP contribution in [0.15, 0.2) is 0 Å². The van der Waals surface area contributed by atoms with Crippen molar-refractivity contribution in [1.82, 2.24) is 0 Å². The van der Waals surface area contributed by atoms with E-state index in [0.29, 0.717) is 22.4 Å². The van der Waals surface area contributed by atoms with Gasteiger partial charge in [0.05, 0.1) is 10.9 Å². The summed E-state index contributed by atoms with van der Waals surface area (Å²) in [4.78, 5) is 12.5. The number of hydrogen-bond acceptors (Lipinski definition) is 2. The van der Waals surface area contributed by atoms with Gasteiger partial charge in [0.2, 0.25) is 0 Å². The smallest absolute Gasteiger partial charge is 0.147 e. The summed E-state index contributed by atoms with van der Waals surface area (Å²) in [5.41, 5.74) is 0.223. The number of ketones is 1. The molecule has 0 radical (unpaired) electrons. The van der Waals surface area contributed by atoms with Gasteiger partial charge in [0.1, 0.15) is 5.78 Å². The molecule has 4 aliphatic carbocycles. The predicted molar refractivity (Wildman–Crippen MR) is 105 cm³/mol. The van der Waals surface area contributed by atoms with E-state index in [2.05, 4.69) is 29.8 Å². The van der Waals surface area contributed by atoms with E-state index >= 15 is 0 Å². The molecular weight excluding hydrogens is 376 g/mol. The second kappa shape index (κ2) is 6.06. The van der Waals surface area contributed by atoms with Crippen LogP contribution in [0.4, 0.5) is 0 Å². The summed E-state index contributed by atoms with van der Waals surface area (Å²) in [7, 11) is 0. The predicted octanol–water partition coefficient (Wildman–Crippen LogP) is 5.36. The molecule has 1 N–H and O–H groups in total. The van der Waals surface area contributed by atoms with Gasteiger partial charge in [-0.3, -0.25) is 4.79 Å². The molecule has 0 bridgehead atoms. The fraction of sp³-hybridized carbons (Fsp3) is 0.955. The highest BCUT2D eigenvalue weighted by atomic mass is 79.9. The second-order valence-corrected chi connectivity index (χ2v) is 11.2. The molecule has 4 rings (SSSR count). The molecule has 0 heterocycles. The SMILES string of the molecule is C[C@@]1(O)CC[C@]2(C)[C@@H](CC[C@@H]3[C@H]2CC[C@]2(C)[C@@H](C(=O)CBr)CC[C@@H]32)C1. The first kappa shape index (κ1) is 18.5. The summed E-state index contributed by atoms with van der Waals surface area (Å²) in [6.07, 6.45) is 10.7. The van der Waals surface area contributed by atoms with E-state index in [4.69, 9.17) is 0 Å². The van der Waals surface area contributed by atoms with E-state index < -0.39 is 5.60 Å². The van der Waals surface area contributed by atoms with E-state index in [1.54, 1.807) is 0 Å². The summed E-state index contributed by atoms with van der Waals surface area (Å²) in [5, 5.41) is 11.1. The second-order valence-electron chi connectivity index (χ2n) is 10.6. The summed E-state index contributed by atoms with van der Waals surface area (Å²) in [6, 6.07) is 0. The van der Waals surface area contributed by atoms with Crippen molar-refractivity contribution in [3.8, 4) is 0 Å². The van der Waals surface area contributed by atoms with Gasteiger partial charge < -0.3 is 5.11 Å². The molecule has 142 valence electrons. The van der Waals surface area contributed by atoms with E-state index in [1.165, 1.54) is 38.5 Å². The van der Waals surface area contributed by atoms with Crippen molar-refractivity contribution in [3.05, 3.63) is 0 Å². The highest BCUT2D eigenvalue weighted by Crippen LogP contribution is 2.68. The van der Waals surface area contributed by atoms with Gasteiger partial charge in [0.25, 0.3) is 0 Å². The molecule has 25 heavy (non-hydrogen) atoms. The minimum absolute atomic E-state index is 0.245. The zero-order valence-electron chi connectivity index (χ0n) is 16.2. The largest absolute Gasteiger partial charge is 0.390 e. The van der Waals surface area contributed by atoms with Crippen LogP contribution in [0.2, 0.25) is 0 Å². The van der Waals surface area contributed by atoms with Crippen molar-refractivity contribution in [3.63, 3.8) is 0 Å². The van der Waals surface area contributed by atoms with Gasteiger partial charge in [-0.2, -0.15) is 0 Å². The van der Waals surface area contributed by atoms with Crippen LogP contribution in [-0.4, -0.2) is 21.8 Å². The van der Waals surface area contributed by atoms with E-state index in [0.717, 1.165) is 37.0 Å². The maximum absolute atomic E-state index is 12.5. The Hall–Kier alpha value is 0.110. The third-order valence-corrected chi connectivity index (χ3v) is 10.0. The molecule has 0 aromatic heterocycles. The van der Waals surface area contributed by atoms with E-state index in [1.807, 2.05) is 6.92 Å². The summed E-state index contributed by atoms with van der Waals surface area (Å²) >= 11 is 3.43. The number of fused-ring (bicyclic) bond motifs is 5. The first-order chi connectivity index (χ1) is 11.7. The van der Waals surface area contributed by atoms with Gasteiger partial charge in [-0.25, -0.2) is 0 Å². The molecule has 0 aromatic carbocycles. The van der Waals surface area contributed by atoms with Gasteiger partial charge in [-0.1, -0.05) is 29.8 Å². The Bertz CT molecular complexity index is 558. The first-order valence-corrected chi connectivity index (χ1v) is 11.6. The van der Waals surface area contributed by atoms with Crippen LogP contribution in [0, 0.1) is 40.4 Å². The normalized spacial score (nSPS) is 55.2. The lowest BCUT2D eigenvalue weighted by Gasteiger charge is -2.61. The standard InChI is InChI=1S/C22H35BrO2/c1-20(25)10-11-21(2)14(12-20)4-5-15-16-6-7-18(19(24)13-23)22(16,3)9-8-17(15)21/h14-18,25H,4-13H2,1-3H3/t14-,15-,16-,17+,18+,20+,21+,22-/m0/s1. The fourth-order valence-corrected chi connectivity index (χ4v) is 8.44. The topological polar surface area (TPSA) is 37.3 Å². The average molecular weight is 411 g/mol. The molecular formula is C22H35BrO2. The third-order valence-electron chi connectivity index (χ3n) is 9.47. The van der Waals surface area contributed by atoms with Crippen LogP contribution in [0.1, 0.15) is 78.6 Å². The maximum Gasteiger partial charge on any atom is 0.147 e. The number of halogens is 1. The fourth-order valence-electron chi connectivity index (χ4n) is 8.05. The summed E-state index contributed by atoms with van der Waals surface area (Å²) < 4.78 is 0. The molecule has 8 atom stereocenters. The zero-order valence-corrected chi connectivity index (χ0v) is 17.8. The van der Waals surface area contributed by atoms with Crippen LogP contribution in [-0.2, 0) is 4.79 Å². The lowest BCUT2D eigenvalue weighted by Crippen LogP contribution is -2.55. The van der Waals surface area contributed by atoms with E-state index in [9.17, 15) is 9.90 Å². The highest BCUT2D eigenvalue weighted by Gasteiger charge is 2.61. The van der Waals surface area contributed by atoms with Gasteiger partial charge in [0, 0.05) is 5.92 Å². The molecule has 0 aliphatic heterocycles. The number of aliphatic hydroxyl groups is 1. The molecule has 0 amide bonds. The van der Waals surface area contributed by atoms with Crippen molar-refractivity contribution in [2.24, 2.45) is 40.4 Å². The Kier molecular flexibility index (Phi) is 4.47. The molecule has 4 aliphatic rings.